The first-order valence-electron chi connectivity index (χ1n) is 6.86. The predicted octanol–water partition coefficient (Wildman–Crippen LogP) is 2.84. The molecule has 0 aliphatic rings. The molecule has 106 valence electrons. The van der Waals surface area contributed by atoms with Crippen LogP contribution in [0.5, 0.6) is 0 Å². The normalized spacial score (nSPS) is 12.3. The molecule has 0 aliphatic carbocycles. The lowest BCUT2D eigenvalue weighted by Crippen LogP contribution is -2.11. The van der Waals surface area contributed by atoms with E-state index in [9.17, 15) is 0 Å². The highest BCUT2D eigenvalue weighted by Gasteiger charge is 2.17. The van der Waals surface area contributed by atoms with Crippen molar-refractivity contribution in [2.45, 2.75) is 19.9 Å². The maximum atomic E-state index is 5.89. The van der Waals surface area contributed by atoms with Gasteiger partial charge in [0.05, 0.1) is 6.04 Å². The van der Waals surface area contributed by atoms with Gasteiger partial charge in [-0.15, -0.1) is 5.10 Å². The summed E-state index contributed by atoms with van der Waals surface area (Å²) in [7, 11) is 0. The molecule has 3 rings (SSSR count). The van der Waals surface area contributed by atoms with Gasteiger partial charge in [-0.25, -0.2) is 4.68 Å². The average Bonchev–Trinajstić information content (AvgIpc) is 2.99. The summed E-state index contributed by atoms with van der Waals surface area (Å²) < 4.78 is 1.83. The van der Waals surface area contributed by atoms with Crippen LogP contribution in [-0.4, -0.2) is 20.2 Å². The number of rotatable bonds is 3. The fourth-order valence-electron chi connectivity index (χ4n) is 2.39. The van der Waals surface area contributed by atoms with Crippen molar-refractivity contribution in [1.82, 2.24) is 20.2 Å². The van der Waals surface area contributed by atoms with Crippen LogP contribution in [0.2, 0.25) is 0 Å². The molecule has 0 radical (unpaired) electrons. The maximum absolute atomic E-state index is 5.89. The van der Waals surface area contributed by atoms with Crippen molar-refractivity contribution in [1.29, 1.82) is 0 Å². The summed E-state index contributed by atoms with van der Waals surface area (Å²) in [6.45, 7) is 4.11. The van der Waals surface area contributed by atoms with Gasteiger partial charge in [0.25, 0.3) is 0 Å². The second-order valence-electron chi connectivity index (χ2n) is 5.11. The van der Waals surface area contributed by atoms with Gasteiger partial charge in [0.2, 0.25) is 0 Å². The van der Waals surface area contributed by atoms with Crippen LogP contribution in [-0.2, 0) is 0 Å². The SMILES string of the molecule is Cc1ccc(N)cc1-c1nnnn1C(C)c1ccccc1. The van der Waals surface area contributed by atoms with Gasteiger partial charge in [-0.1, -0.05) is 36.4 Å². The number of hydrogen-bond donors (Lipinski definition) is 1. The Balaban J connectivity index is 2.07. The molecule has 0 saturated heterocycles. The summed E-state index contributed by atoms with van der Waals surface area (Å²) >= 11 is 0. The molecule has 0 bridgehead atoms. The minimum atomic E-state index is 0.0528. The monoisotopic (exact) mass is 279 g/mol. The Morgan fingerprint density at radius 2 is 1.86 bits per heavy atom. The lowest BCUT2D eigenvalue weighted by atomic mass is 10.1. The molecule has 5 heteroatoms. The van der Waals surface area contributed by atoms with Crippen LogP contribution in [0.1, 0.15) is 24.1 Å². The number of hydrogen-bond acceptors (Lipinski definition) is 4. The van der Waals surface area contributed by atoms with E-state index >= 15 is 0 Å². The predicted molar refractivity (Wildman–Crippen MR) is 82.7 cm³/mol. The number of nitrogen functional groups attached to an aromatic ring is 1. The van der Waals surface area contributed by atoms with Gasteiger partial charge in [0.15, 0.2) is 5.82 Å². The van der Waals surface area contributed by atoms with E-state index in [0.29, 0.717) is 5.69 Å². The van der Waals surface area contributed by atoms with Crippen LogP contribution < -0.4 is 5.73 Å². The summed E-state index contributed by atoms with van der Waals surface area (Å²) in [4.78, 5) is 0. The Kier molecular flexibility index (Phi) is 3.39. The van der Waals surface area contributed by atoms with Crippen molar-refractivity contribution in [3.63, 3.8) is 0 Å². The molecule has 3 aromatic rings. The van der Waals surface area contributed by atoms with Crippen molar-refractivity contribution in [3.05, 3.63) is 59.7 Å². The molecule has 0 spiro atoms. The Morgan fingerprint density at radius 3 is 2.62 bits per heavy atom. The van der Waals surface area contributed by atoms with Gasteiger partial charge in [0.1, 0.15) is 0 Å². The van der Waals surface area contributed by atoms with E-state index in [1.165, 1.54) is 0 Å². The molecule has 1 atom stereocenters. The molecule has 21 heavy (non-hydrogen) atoms. The quantitative estimate of drug-likeness (QED) is 0.748. The first kappa shape index (κ1) is 13.3. The topological polar surface area (TPSA) is 69.6 Å². The first-order valence-corrected chi connectivity index (χ1v) is 6.86. The number of nitrogens with two attached hydrogens (primary N) is 1. The molecule has 5 nitrogen and oxygen atoms in total. The number of tetrazole rings is 1. The van der Waals surface area contributed by atoms with Gasteiger partial charge in [-0.3, -0.25) is 0 Å². The van der Waals surface area contributed by atoms with E-state index < -0.39 is 0 Å². The molecule has 0 saturated carbocycles. The molecule has 2 aromatic carbocycles. The zero-order valence-corrected chi connectivity index (χ0v) is 12.1. The molecule has 2 N–H and O–H groups in total. The standard InChI is InChI=1S/C16H17N5/c1-11-8-9-14(17)10-15(11)16-18-19-20-21(16)12(2)13-6-4-3-5-7-13/h3-10,12H,17H2,1-2H3. The van der Waals surface area contributed by atoms with Crippen molar-refractivity contribution >= 4 is 5.69 Å². The number of nitrogens with zero attached hydrogens (tertiary/aromatic N) is 4. The highest BCUT2D eigenvalue weighted by atomic mass is 15.5. The van der Waals surface area contributed by atoms with Gasteiger partial charge in [-0.05, 0) is 47.5 Å². The van der Waals surface area contributed by atoms with Gasteiger partial charge < -0.3 is 5.73 Å². The van der Waals surface area contributed by atoms with E-state index in [0.717, 1.165) is 22.5 Å². The second kappa shape index (κ2) is 5.36. The summed E-state index contributed by atoms with van der Waals surface area (Å²) in [6, 6.07) is 16.0. The fraction of sp³-hybridized carbons (Fsp3) is 0.188. The van der Waals surface area contributed by atoms with Crippen molar-refractivity contribution in [2.24, 2.45) is 0 Å². The molecular weight excluding hydrogens is 262 g/mol. The second-order valence-corrected chi connectivity index (χ2v) is 5.11. The first-order chi connectivity index (χ1) is 10.2. The van der Waals surface area contributed by atoms with Crippen LogP contribution in [0, 0.1) is 6.92 Å². The third-order valence-electron chi connectivity index (χ3n) is 3.64. The highest BCUT2D eigenvalue weighted by molar-refractivity contribution is 5.65. The minimum Gasteiger partial charge on any atom is -0.399 e. The van der Waals surface area contributed by atoms with E-state index in [-0.39, 0.29) is 6.04 Å². The van der Waals surface area contributed by atoms with Crippen molar-refractivity contribution < 1.29 is 0 Å². The maximum Gasteiger partial charge on any atom is 0.182 e. The third-order valence-corrected chi connectivity index (χ3v) is 3.64. The van der Waals surface area contributed by atoms with E-state index in [1.54, 1.807) is 0 Å². The lowest BCUT2D eigenvalue weighted by Gasteiger charge is -2.15. The third kappa shape index (κ3) is 2.50. The minimum absolute atomic E-state index is 0.0528. The average molecular weight is 279 g/mol. The smallest absolute Gasteiger partial charge is 0.182 e. The van der Waals surface area contributed by atoms with Crippen LogP contribution in [0.4, 0.5) is 5.69 Å². The summed E-state index contributed by atoms with van der Waals surface area (Å²) in [5.74, 6) is 0.733. The molecular formula is C16H17N5. The van der Waals surface area contributed by atoms with Crippen molar-refractivity contribution in [2.75, 3.05) is 5.73 Å². The molecule has 1 heterocycles. The molecule has 0 fully saturated rings. The van der Waals surface area contributed by atoms with Crippen LogP contribution in [0.3, 0.4) is 0 Å². The Morgan fingerprint density at radius 1 is 1.10 bits per heavy atom. The molecule has 0 aliphatic heterocycles. The summed E-state index contributed by atoms with van der Waals surface area (Å²) in [5.41, 5.74) is 9.82. The Hall–Kier alpha value is -2.69. The number of aryl methyl sites for hydroxylation is 1. The lowest BCUT2D eigenvalue weighted by molar-refractivity contribution is 0.548. The Labute approximate surface area is 123 Å². The molecule has 1 unspecified atom stereocenters. The van der Waals surface area contributed by atoms with Crippen LogP contribution in [0.15, 0.2) is 48.5 Å². The van der Waals surface area contributed by atoms with Gasteiger partial charge in [-0.2, -0.15) is 0 Å². The van der Waals surface area contributed by atoms with Gasteiger partial charge in [0, 0.05) is 11.3 Å². The zero-order chi connectivity index (χ0) is 14.8. The van der Waals surface area contributed by atoms with E-state index in [4.69, 9.17) is 5.73 Å². The number of aromatic nitrogens is 4. The molecule has 1 aromatic heterocycles. The fourth-order valence-corrected chi connectivity index (χ4v) is 2.39. The van der Waals surface area contributed by atoms with Gasteiger partial charge >= 0.3 is 0 Å². The highest BCUT2D eigenvalue weighted by Crippen LogP contribution is 2.27. The Bertz CT molecular complexity index is 748. The number of benzene rings is 2. The summed E-state index contributed by atoms with van der Waals surface area (Å²) in [6.07, 6.45) is 0. The van der Waals surface area contributed by atoms with E-state index in [1.807, 2.05) is 48.0 Å². The largest absolute Gasteiger partial charge is 0.399 e. The van der Waals surface area contributed by atoms with Crippen molar-refractivity contribution in [3.8, 4) is 11.4 Å². The van der Waals surface area contributed by atoms with E-state index in [2.05, 4.69) is 34.6 Å². The number of anilines is 1. The zero-order valence-electron chi connectivity index (χ0n) is 12.1. The van der Waals surface area contributed by atoms with Crippen LogP contribution >= 0.6 is 0 Å². The molecule has 0 amide bonds. The summed E-state index contributed by atoms with van der Waals surface area (Å²) in [5, 5.41) is 12.2. The van der Waals surface area contributed by atoms with Crippen LogP contribution in [0.25, 0.3) is 11.4 Å².